The van der Waals surface area contributed by atoms with Crippen molar-refractivity contribution in [2.45, 2.75) is 26.3 Å². The maximum Gasteiger partial charge on any atom is 0.233 e. The average molecular weight is 372 g/mol. The first kappa shape index (κ1) is 19.9. The van der Waals surface area contributed by atoms with Crippen LogP contribution in [0.2, 0.25) is 0 Å². The average Bonchev–Trinajstić information content (AvgIpc) is 2.61. The minimum absolute atomic E-state index is 0.0494. The van der Waals surface area contributed by atoms with E-state index >= 15 is 0 Å². The summed E-state index contributed by atoms with van der Waals surface area (Å²) in [5.74, 6) is -0.199. The van der Waals surface area contributed by atoms with E-state index in [1.807, 2.05) is 68.4 Å². The lowest BCUT2D eigenvalue weighted by Gasteiger charge is -2.16. The molecule has 0 aliphatic rings. The zero-order chi connectivity index (χ0) is 19.0. The normalized spacial score (nSPS) is 12.8. The number of hydrogen-bond acceptors (Lipinski definition) is 3. The molecule has 0 saturated heterocycles. The molecule has 6 heteroatoms. The Kier molecular flexibility index (Phi) is 7.12. The summed E-state index contributed by atoms with van der Waals surface area (Å²) in [5.41, 5.74) is 2.95. The number of aryl methyl sites for hydroxylation is 1. The summed E-state index contributed by atoms with van der Waals surface area (Å²) < 4.78 is 26.3. The predicted molar refractivity (Wildman–Crippen MR) is 105 cm³/mol. The van der Waals surface area contributed by atoms with Crippen LogP contribution in [-0.2, 0) is 14.8 Å². The van der Waals surface area contributed by atoms with Gasteiger partial charge in [0.25, 0.3) is 0 Å². The van der Waals surface area contributed by atoms with Crippen molar-refractivity contribution in [1.29, 1.82) is 0 Å². The van der Waals surface area contributed by atoms with Gasteiger partial charge in [-0.3, -0.25) is 4.79 Å². The number of carbonyl (C=O) groups is 1. The van der Waals surface area contributed by atoms with Crippen molar-refractivity contribution in [3.05, 3.63) is 76.7 Å². The minimum atomic E-state index is -3.57. The van der Waals surface area contributed by atoms with E-state index in [0.717, 1.165) is 22.1 Å². The molecular formula is C20H24N2O3S. The molecule has 2 rings (SSSR count). The quantitative estimate of drug-likeness (QED) is 0.747. The molecule has 0 fully saturated rings. The van der Waals surface area contributed by atoms with Gasteiger partial charge in [0.1, 0.15) is 0 Å². The lowest BCUT2D eigenvalue weighted by molar-refractivity contribution is -0.121. The van der Waals surface area contributed by atoms with E-state index in [1.165, 1.54) is 6.08 Å². The van der Waals surface area contributed by atoms with E-state index in [1.54, 1.807) is 0 Å². The number of benzene rings is 2. The van der Waals surface area contributed by atoms with Crippen LogP contribution in [0.25, 0.3) is 6.08 Å². The molecule has 0 radical (unpaired) electrons. The fourth-order valence-corrected chi connectivity index (χ4v) is 3.37. The molecule has 0 aliphatic carbocycles. The minimum Gasteiger partial charge on any atom is -0.350 e. The molecule has 0 heterocycles. The molecule has 138 valence electrons. The molecule has 2 aromatic carbocycles. The molecule has 1 atom stereocenters. The van der Waals surface area contributed by atoms with Gasteiger partial charge in [-0.1, -0.05) is 54.6 Å². The molecule has 0 spiro atoms. The number of nitrogens with one attached hydrogen (secondary N) is 2. The van der Waals surface area contributed by atoms with Crippen LogP contribution in [-0.4, -0.2) is 20.9 Å². The van der Waals surface area contributed by atoms with Gasteiger partial charge in [-0.2, -0.15) is 0 Å². The smallest absolute Gasteiger partial charge is 0.233 e. The standard InChI is InChI=1S/C20H24N2O3S/c1-16-8-6-7-11-19(16)17(2)22-20(23)12-14-21-26(24,25)15-13-18-9-4-3-5-10-18/h3-11,13,15,17,21H,12,14H2,1-2H3,(H,22,23)/b15-13+. The molecule has 1 unspecified atom stereocenters. The Labute approximate surface area is 155 Å². The molecule has 0 aromatic heterocycles. The number of sulfonamides is 1. The van der Waals surface area contributed by atoms with Crippen molar-refractivity contribution in [2.24, 2.45) is 0 Å². The van der Waals surface area contributed by atoms with Crippen molar-refractivity contribution in [2.75, 3.05) is 6.54 Å². The Morgan fingerprint density at radius 2 is 1.73 bits per heavy atom. The van der Waals surface area contributed by atoms with Crippen molar-refractivity contribution >= 4 is 22.0 Å². The fraction of sp³-hybridized carbons (Fsp3) is 0.250. The highest BCUT2D eigenvalue weighted by molar-refractivity contribution is 7.92. The zero-order valence-corrected chi connectivity index (χ0v) is 15.8. The Bertz CT molecular complexity index is 862. The first-order chi connectivity index (χ1) is 12.4. The summed E-state index contributed by atoms with van der Waals surface area (Å²) in [4.78, 5) is 12.0. The molecule has 2 aromatic rings. The molecule has 1 amide bonds. The number of carbonyl (C=O) groups excluding carboxylic acids is 1. The van der Waals surface area contributed by atoms with Gasteiger partial charge >= 0.3 is 0 Å². The largest absolute Gasteiger partial charge is 0.350 e. The highest BCUT2D eigenvalue weighted by Gasteiger charge is 2.12. The van der Waals surface area contributed by atoms with E-state index in [-0.39, 0.29) is 24.9 Å². The maximum absolute atomic E-state index is 12.0. The van der Waals surface area contributed by atoms with E-state index in [4.69, 9.17) is 0 Å². The predicted octanol–water partition coefficient (Wildman–Crippen LogP) is 3.15. The summed E-state index contributed by atoms with van der Waals surface area (Å²) in [6.45, 7) is 3.95. The van der Waals surface area contributed by atoms with E-state index in [0.29, 0.717) is 0 Å². The molecule has 0 saturated carbocycles. The van der Waals surface area contributed by atoms with Crippen LogP contribution < -0.4 is 10.0 Å². The van der Waals surface area contributed by atoms with Crippen LogP contribution in [0.5, 0.6) is 0 Å². The van der Waals surface area contributed by atoms with Gasteiger partial charge in [0, 0.05) is 18.4 Å². The molecular weight excluding hydrogens is 348 g/mol. The van der Waals surface area contributed by atoms with Crippen LogP contribution in [0.4, 0.5) is 0 Å². The van der Waals surface area contributed by atoms with Crippen LogP contribution in [0, 0.1) is 6.92 Å². The lowest BCUT2D eigenvalue weighted by Crippen LogP contribution is -2.31. The second kappa shape index (κ2) is 9.31. The van der Waals surface area contributed by atoms with Crippen LogP contribution >= 0.6 is 0 Å². The van der Waals surface area contributed by atoms with Crippen LogP contribution in [0.15, 0.2) is 60.0 Å². The topological polar surface area (TPSA) is 75.3 Å². The van der Waals surface area contributed by atoms with Crippen LogP contribution in [0.1, 0.15) is 36.1 Å². The zero-order valence-electron chi connectivity index (χ0n) is 15.0. The monoisotopic (exact) mass is 372 g/mol. The second-order valence-corrected chi connectivity index (χ2v) is 7.70. The van der Waals surface area contributed by atoms with Gasteiger partial charge in [-0.15, -0.1) is 0 Å². The van der Waals surface area contributed by atoms with E-state index < -0.39 is 10.0 Å². The summed E-state index contributed by atoms with van der Waals surface area (Å²) >= 11 is 0. The van der Waals surface area contributed by atoms with Crippen molar-refractivity contribution < 1.29 is 13.2 Å². The third-order valence-electron chi connectivity index (χ3n) is 3.93. The maximum atomic E-state index is 12.0. The summed E-state index contributed by atoms with van der Waals surface area (Å²) in [7, 11) is -3.57. The van der Waals surface area contributed by atoms with Gasteiger partial charge in [0.2, 0.25) is 15.9 Å². The first-order valence-electron chi connectivity index (χ1n) is 8.45. The van der Waals surface area contributed by atoms with E-state index in [2.05, 4.69) is 10.0 Å². The van der Waals surface area contributed by atoms with Gasteiger partial charge in [-0.05, 0) is 36.6 Å². The molecule has 26 heavy (non-hydrogen) atoms. The van der Waals surface area contributed by atoms with Crippen molar-refractivity contribution in [1.82, 2.24) is 10.0 Å². The molecule has 0 aliphatic heterocycles. The Morgan fingerprint density at radius 1 is 1.08 bits per heavy atom. The van der Waals surface area contributed by atoms with E-state index in [9.17, 15) is 13.2 Å². The van der Waals surface area contributed by atoms with Crippen molar-refractivity contribution in [3.8, 4) is 0 Å². The highest BCUT2D eigenvalue weighted by Crippen LogP contribution is 2.16. The third kappa shape index (κ3) is 6.46. The second-order valence-electron chi connectivity index (χ2n) is 6.05. The van der Waals surface area contributed by atoms with Crippen LogP contribution in [0.3, 0.4) is 0 Å². The molecule has 5 nitrogen and oxygen atoms in total. The lowest BCUT2D eigenvalue weighted by atomic mass is 10.0. The van der Waals surface area contributed by atoms with Gasteiger partial charge < -0.3 is 5.32 Å². The third-order valence-corrected chi connectivity index (χ3v) is 5.03. The highest BCUT2D eigenvalue weighted by atomic mass is 32.2. The molecule has 2 N–H and O–H groups in total. The fourth-order valence-electron chi connectivity index (χ4n) is 2.55. The van der Waals surface area contributed by atoms with Gasteiger partial charge in [0.15, 0.2) is 0 Å². The number of amides is 1. The summed E-state index contributed by atoms with van der Waals surface area (Å²) in [6, 6.07) is 16.9. The number of rotatable bonds is 8. The van der Waals surface area contributed by atoms with Gasteiger partial charge in [0.05, 0.1) is 6.04 Å². The van der Waals surface area contributed by atoms with Crippen molar-refractivity contribution in [3.63, 3.8) is 0 Å². The summed E-state index contributed by atoms with van der Waals surface area (Å²) in [6.07, 6.45) is 1.59. The molecule has 0 bridgehead atoms. The SMILES string of the molecule is Cc1ccccc1C(C)NC(=O)CCNS(=O)(=O)/C=C/c1ccccc1. The summed E-state index contributed by atoms with van der Waals surface area (Å²) in [5, 5.41) is 4.00. The Balaban J connectivity index is 1.80. The Hall–Kier alpha value is -2.44. The Morgan fingerprint density at radius 3 is 2.42 bits per heavy atom. The van der Waals surface area contributed by atoms with Gasteiger partial charge in [-0.25, -0.2) is 13.1 Å². The number of hydrogen-bond donors (Lipinski definition) is 2. The first-order valence-corrected chi connectivity index (χ1v) is 10.00.